The highest BCUT2D eigenvalue weighted by Crippen LogP contribution is 2.22. The second kappa shape index (κ2) is 7.99. The van der Waals surface area contributed by atoms with Crippen molar-refractivity contribution in [1.82, 2.24) is 10.3 Å². The van der Waals surface area contributed by atoms with Crippen molar-refractivity contribution in [3.8, 4) is 5.75 Å². The molecule has 1 unspecified atom stereocenters. The third kappa shape index (κ3) is 4.20. The van der Waals surface area contributed by atoms with Crippen molar-refractivity contribution >= 4 is 11.9 Å². The zero-order valence-corrected chi connectivity index (χ0v) is 14.7. The van der Waals surface area contributed by atoms with Crippen LogP contribution in [-0.4, -0.2) is 29.1 Å². The van der Waals surface area contributed by atoms with Gasteiger partial charge in [0.05, 0.1) is 19.6 Å². The number of carbonyl (C=O) groups excluding carboxylic acids is 1. The molecule has 3 rings (SSSR count). The van der Waals surface area contributed by atoms with E-state index in [-0.39, 0.29) is 12.3 Å². The quantitative estimate of drug-likeness (QED) is 0.833. The van der Waals surface area contributed by atoms with Crippen LogP contribution in [0, 0.1) is 0 Å². The van der Waals surface area contributed by atoms with Crippen molar-refractivity contribution in [1.29, 1.82) is 0 Å². The highest BCUT2D eigenvalue weighted by molar-refractivity contribution is 5.93. The van der Waals surface area contributed by atoms with Crippen molar-refractivity contribution < 1.29 is 19.4 Å². The van der Waals surface area contributed by atoms with E-state index in [4.69, 9.17) is 4.74 Å². The average molecular weight is 354 g/mol. The Hall–Kier alpha value is -2.89. The second-order valence-electron chi connectivity index (χ2n) is 6.41. The molecule has 0 fully saturated rings. The summed E-state index contributed by atoms with van der Waals surface area (Å²) in [7, 11) is 1.56. The smallest absolute Gasteiger partial charge is 0.305 e. The van der Waals surface area contributed by atoms with Gasteiger partial charge in [0, 0.05) is 5.69 Å². The molecule has 6 nitrogen and oxygen atoms in total. The molecule has 0 saturated heterocycles. The molecule has 1 heterocycles. The number of carboxylic acids is 1. The van der Waals surface area contributed by atoms with Crippen LogP contribution in [0.5, 0.6) is 5.75 Å². The van der Waals surface area contributed by atoms with Crippen LogP contribution in [0.1, 0.15) is 52.6 Å². The number of nitrogens with zero attached hydrogens (tertiary/aromatic N) is 1. The van der Waals surface area contributed by atoms with Crippen LogP contribution in [0.2, 0.25) is 0 Å². The van der Waals surface area contributed by atoms with Gasteiger partial charge in [-0.05, 0) is 55.0 Å². The number of ether oxygens (including phenoxy) is 1. The molecule has 1 aliphatic rings. The number of benzene rings is 1. The van der Waals surface area contributed by atoms with Gasteiger partial charge < -0.3 is 15.2 Å². The zero-order chi connectivity index (χ0) is 18.5. The molecule has 2 N–H and O–H groups in total. The maximum Gasteiger partial charge on any atom is 0.305 e. The summed E-state index contributed by atoms with van der Waals surface area (Å²) >= 11 is 0. The molecule has 0 spiro atoms. The first-order valence-corrected chi connectivity index (χ1v) is 8.72. The number of methoxy groups -OCH3 is 1. The number of aliphatic carboxylic acids is 1. The van der Waals surface area contributed by atoms with Gasteiger partial charge in [-0.1, -0.05) is 18.2 Å². The largest absolute Gasteiger partial charge is 0.497 e. The fourth-order valence-electron chi connectivity index (χ4n) is 3.20. The first kappa shape index (κ1) is 17.9. The molecular formula is C20H22N2O4. The lowest BCUT2D eigenvalue weighted by molar-refractivity contribution is -0.137. The third-order valence-corrected chi connectivity index (χ3v) is 4.61. The molecule has 1 aromatic heterocycles. The van der Waals surface area contributed by atoms with E-state index in [1.54, 1.807) is 37.4 Å². The summed E-state index contributed by atoms with van der Waals surface area (Å²) in [6.45, 7) is 0. The second-order valence-corrected chi connectivity index (χ2v) is 6.41. The lowest BCUT2D eigenvalue weighted by atomic mass is 9.96. The minimum absolute atomic E-state index is 0.205. The van der Waals surface area contributed by atoms with E-state index in [0.717, 1.165) is 31.4 Å². The topological polar surface area (TPSA) is 88.5 Å². The van der Waals surface area contributed by atoms with Crippen LogP contribution >= 0.6 is 0 Å². The Balaban J connectivity index is 1.79. The lowest BCUT2D eigenvalue weighted by Gasteiger charge is -2.19. The Morgan fingerprint density at radius 3 is 2.58 bits per heavy atom. The molecule has 2 aromatic rings. The van der Waals surface area contributed by atoms with Crippen molar-refractivity contribution in [2.45, 2.75) is 38.1 Å². The predicted molar refractivity (Wildman–Crippen MR) is 96.3 cm³/mol. The van der Waals surface area contributed by atoms with Crippen molar-refractivity contribution in [3.63, 3.8) is 0 Å². The van der Waals surface area contributed by atoms with Gasteiger partial charge in [0.15, 0.2) is 0 Å². The molecular weight excluding hydrogens is 332 g/mol. The SMILES string of the molecule is COc1ccc(C(CC(=O)O)NC(=O)c2ccc3c(n2)CCCC3)cc1. The number of hydrogen-bond acceptors (Lipinski definition) is 4. The number of hydrogen-bond donors (Lipinski definition) is 2. The van der Waals surface area contributed by atoms with Gasteiger partial charge in [0.1, 0.15) is 11.4 Å². The van der Waals surface area contributed by atoms with E-state index in [0.29, 0.717) is 17.0 Å². The molecule has 1 aromatic carbocycles. The normalized spacial score (nSPS) is 14.2. The summed E-state index contributed by atoms with van der Waals surface area (Å²) in [4.78, 5) is 28.3. The predicted octanol–water partition coefficient (Wildman–Crippen LogP) is 2.91. The first-order valence-electron chi connectivity index (χ1n) is 8.72. The number of fused-ring (bicyclic) bond motifs is 1. The van der Waals surface area contributed by atoms with Crippen LogP contribution in [0.15, 0.2) is 36.4 Å². The van der Waals surface area contributed by atoms with Crippen LogP contribution in [0.3, 0.4) is 0 Å². The monoisotopic (exact) mass is 354 g/mol. The summed E-state index contributed by atoms with van der Waals surface area (Å²) in [5.41, 5.74) is 3.21. The fourth-order valence-corrected chi connectivity index (χ4v) is 3.20. The van der Waals surface area contributed by atoms with E-state index in [1.165, 1.54) is 5.56 Å². The molecule has 0 aliphatic heterocycles. The summed E-state index contributed by atoms with van der Waals surface area (Å²) in [5, 5.41) is 12.0. The van der Waals surface area contributed by atoms with Gasteiger partial charge in [-0.2, -0.15) is 0 Å². The number of rotatable bonds is 6. The minimum Gasteiger partial charge on any atom is -0.497 e. The standard InChI is InChI=1S/C20H22N2O4/c1-26-15-9-6-14(7-10-15)18(12-19(23)24)22-20(25)17-11-8-13-4-2-3-5-16(13)21-17/h6-11,18H,2-5,12H2,1H3,(H,22,25)(H,23,24). The molecule has 0 saturated carbocycles. The summed E-state index contributed by atoms with van der Waals surface area (Å²) < 4.78 is 5.12. The number of amides is 1. The lowest BCUT2D eigenvalue weighted by Crippen LogP contribution is -2.31. The first-order chi connectivity index (χ1) is 12.6. The fraction of sp³-hybridized carbons (Fsp3) is 0.350. The van der Waals surface area contributed by atoms with E-state index in [9.17, 15) is 14.7 Å². The van der Waals surface area contributed by atoms with Crippen molar-refractivity contribution in [2.24, 2.45) is 0 Å². The van der Waals surface area contributed by atoms with Crippen LogP contribution in [0.25, 0.3) is 0 Å². The van der Waals surface area contributed by atoms with Crippen molar-refractivity contribution in [2.75, 3.05) is 7.11 Å². The maximum atomic E-state index is 12.6. The molecule has 136 valence electrons. The summed E-state index contributed by atoms with van der Waals surface area (Å²) in [6.07, 6.45) is 3.91. The van der Waals surface area contributed by atoms with E-state index in [2.05, 4.69) is 10.3 Å². The number of carboxylic acid groups (broad SMARTS) is 1. The van der Waals surface area contributed by atoms with Crippen molar-refractivity contribution in [3.05, 3.63) is 58.9 Å². The minimum atomic E-state index is -0.982. The molecule has 6 heteroatoms. The van der Waals surface area contributed by atoms with E-state index < -0.39 is 12.0 Å². The molecule has 1 atom stereocenters. The Morgan fingerprint density at radius 1 is 1.15 bits per heavy atom. The van der Waals surface area contributed by atoms with Gasteiger partial charge in [-0.3, -0.25) is 9.59 Å². The number of aromatic nitrogens is 1. The van der Waals surface area contributed by atoms with E-state index in [1.807, 2.05) is 6.07 Å². The van der Waals surface area contributed by atoms with Gasteiger partial charge in [0.25, 0.3) is 5.91 Å². The number of carbonyl (C=O) groups is 2. The molecule has 1 amide bonds. The van der Waals surface area contributed by atoms with Crippen LogP contribution in [-0.2, 0) is 17.6 Å². The van der Waals surface area contributed by atoms with Gasteiger partial charge in [-0.15, -0.1) is 0 Å². The Morgan fingerprint density at radius 2 is 1.88 bits per heavy atom. The maximum absolute atomic E-state index is 12.6. The Labute approximate surface area is 152 Å². The zero-order valence-electron chi connectivity index (χ0n) is 14.7. The summed E-state index contributed by atoms with van der Waals surface area (Å²) in [6, 6.07) is 10.0. The molecule has 0 bridgehead atoms. The molecule has 26 heavy (non-hydrogen) atoms. The van der Waals surface area contributed by atoms with Crippen LogP contribution in [0.4, 0.5) is 0 Å². The van der Waals surface area contributed by atoms with Gasteiger partial charge in [-0.25, -0.2) is 4.98 Å². The summed E-state index contributed by atoms with van der Waals surface area (Å²) in [5.74, 6) is -0.671. The number of nitrogens with one attached hydrogen (secondary N) is 1. The highest BCUT2D eigenvalue weighted by Gasteiger charge is 2.21. The average Bonchev–Trinajstić information content (AvgIpc) is 2.66. The van der Waals surface area contributed by atoms with Crippen LogP contribution < -0.4 is 10.1 Å². The highest BCUT2D eigenvalue weighted by atomic mass is 16.5. The third-order valence-electron chi connectivity index (χ3n) is 4.61. The number of aryl methyl sites for hydroxylation is 2. The Bertz CT molecular complexity index is 802. The van der Waals surface area contributed by atoms with E-state index >= 15 is 0 Å². The van der Waals surface area contributed by atoms with Gasteiger partial charge in [0.2, 0.25) is 0 Å². The number of pyridine rings is 1. The Kier molecular flexibility index (Phi) is 5.51. The van der Waals surface area contributed by atoms with Gasteiger partial charge >= 0.3 is 5.97 Å². The molecule has 0 radical (unpaired) electrons. The molecule has 1 aliphatic carbocycles.